The van der Waals surface area contributed by atoms with E-state index in [0.29, 0.717) is 0 Å². The molecule has 0 aliphatic rings. The van der Waals surface area contributed by atoms with E-state index >= 15 is 0 Å². The van der Waals surface area contributed by atoms with Crippen LogP contribution in [0, 0.1) is 0 Å². The van der Waals surface area contributed by atoms with Gasteiger partial charge in [-0.05, 0) is 0 Å². The molecule has 0 aliphatic heterocycles. The van der Waals surface area contributed by atoms with E-state index in [1.54, 1.807) is 0 Å². The van der Waals surface area contributed by atoms with Gasteiger partial charge >= 0.3 is 78.2 Å². The second kappa shape index (κ2) is 3.15. The molecule has 0 aromatic carbocycles. The summed E-state index contributed by atoms with van der Waals surface area (Å²) in [4.78, 5) is 0. The molecule has 0 aliphatic carbocycles. The molecule has 8 heteroatoms. The zero-order chi connectivity index (χ0) is 7.00. The molecule has 0 aromatic heterocycles. The summed E-state index contributed by atoms with van der Waals surface area (Å²) in [6, 6.07) is 0. The minimum atomic E-state index is -3.41. The number of hydrogen-bond acceptors (Lipinski definition) is 0. The van der Waals surface area contributed by atoms with Gasteiger partial charge in [-0.1, -0.05) is 0 Å². The molecule has 0 atom stereocenters. The van der Waals surface area contributed by atoms with Crippen molar-refractivity contribution in [1.29, 1.82) is 0 Å². The molecular formula is Cl6NRh+. The Morgan fingerprint density at radius 3 is 1.00 bits per heavy atom. The van der Waals surface area contributed by atoms with Crippen LogP contribution in [0.1, 0.15) is 0 Å². The molecule has 0 rings (SSSR count). The van der Waals surface area contributed by atoms with Crippen molar-refractivity contribution >= 4 is 64.4 Å². The Morgan fingerprint density at radius 2 is 1.00 bits per heavy atom. The van der Waals surface area contributed by atoms with Crippen molar-refractivity contribution in [1.82, 2.24) is 0 Å². The standard InChI is InChI=1S/Cl3N.3ClH.Rh/c1-4(2)3;;;;/h;3*1H;/q;;;;+4/p-3. The first-order chi connectivity index (χ1) is 3.25. The van der Waals surface area contributed by atoms with Crippen LogP contribution in [0.25, 0.3) is 0 Å². The van der Waals surface area contributed by atoms with Crippen molar-refractivity contribution in [3.63, 3.8) is 0 Å². The summed E-state index contributed by atoms with van der Waals surface area (Å²) in [5, 5.41) is 0. The molecule has 1 nitrogen and oxygen atoms in total. The third-order valence-corrected chi connectivity index (χ3v) is 10.2. The zero-order valence-electron chi connectivity index (χ0n) is 3.05. The summed E-state index contributed by atoms with van der Waals surface area (Å²) >= 11 is 12.1. The molecule has 0 saturated heterocycles. The van der Waals surface area contributed by atoms with E-state index in [9.17, 15) is 0 Å². The SMILES string of the molecule is Cl[N+](Cl)(Cl)[Rh]([Cl])([Cl])[Cl]. The van der Waals surface area contributed by atoms with Gasteiger partial charge in [0.15, 0.2) is 0 Å². The van der Waals surface area contributed by atoms with Crippen LogP contribution in [0.2, 0.25) is 0 Å². The molecule has 0 radical (unpaired) electrons. The van der Waals surface area contributed by atoms with E-state index in [1.807, 2.05) is 0 Å². The van der Waals surface area contributed by atoms with Crippen molar-refractivity contribution in [3.05, 3.63) is 0 Å². The van der Waals surface area contributed by atoms with Gasteiger partial charge in [-0.2, -0.15) is 0 Å². The van der Waals surface area contributed by atoms with Crippen molar-refractivity contribution in [2.24, 2.45) is 0 Å². The molecule has 0 spiro atoms. The Balaban J connectivity index is 4.02. The first-order valence-electron chi connectivity index (χ1n) is 1.03. The topological polar surface area (TPSA) is 0 Å². The Bertz CT molecular complexity index is 63.5. The summed E-state index contributed by atoms with van der Waals surface area (Å²) in [6.07, 6.45) is 0. The molecule has 0 unspecified atom stereocenters. The summed E-state index contributed by atoms with van der Waals surface area (Å²) in [5.41, 5.74) is 0. The van der Waals surface area contributed by atoms with Gasteiger partial charge < -0.3 is 0 Å². The van der Waals surface area contributed by atoms with E-state index in [-0.39, 0.29) is 0 Å². The molecule has 8 heavy (non-hydrogen) atoms. The van der Waals surface area contributed by atoms with Crippen LogP contribution >= 0.6 is 64.4 Å². The summed E-state index contributed by atoms with van der Waals surface area (Å²) in [6.45, 7) is 0. The van der Waals surface area contributed by atoms with Gasteiger partial charge in [0.2, 0.25) is 0 Å². The number of halogens is 6. The van der Waals surface area contributed by atoms with Crippen LogP contribution in [-0.2, 0) is 12.0 Å². The van der Waals surface area contributed by atoms with E-state index < -0.39 is 13.8 Å². The van der Waals surface area contributed by atoms with E-state index in [4.69, 9.17) is 64.4 Å². The monoisotopic (exact) mass is 327 g/mol. The van der Waals surface area contributed by atoms with Gasteiger partial charge in [0.25, 0.3) is 0 Å². The molecular weight excluding hydrogens is 330 g/mol. The predicted octanol–water partition coefficient (Wildman–Crippen LogP) is 3.79. The molecule has 0 amide bonds. The zero-order valence-corrected chi connectivity index (χ0v) is 9.22. The molecule has 55 valence electrons. The van der Waals surface area contributed by atoms with Gasteiger partial charge in [-0.15, -0.1) is 0 Å². The maximum absolute atomic E-state index is 5.28. The van der Waals surface area contributed by atoms with E-state index in [1.165, 1.54) is 0 Å². The number of nitrogens with zero attached hydrogens (tertiary/aromatic N) is 1. The Kier molecular flexibility index (Phi) is 4.06. The van der Waals surface area contributed by atoms with Gasteiger partial charge in [0.05, 0.1) is 0 Å². The second-order valence-corrected chi connectivity index (χ2v) is 15.3. The maximum atomic E-state index is 5.28. The molecule has 0 bridgehead atoms. The fourth-order valence-electron chi connectivity index (χ4n) is 0. The summed E-state index contributed by atoms with van der Waals surface area (Å²) in [7, 11) is 15.8. The molecule has 0 fully saturated rings. The van der Waals surface area contributed by atoms with Crippen LogP contribution < -0.4 is 0 Å². The molecule has 0 aromatic rings. The van der Waals surface area contributed by atoms with Crippen molar-refractivity contribution in [2.45, 2.75) is 0 Å². The van der Waals surface area contributed by atoms with E-state index in [0.717, 1.165) is 0 Å². The molecule has 0 N–H and O–H groups in total. The predicted molar refractivity (Wildman–Crippen MR) is 35.4 cm³/mol. The molecule has 0 heterocycles. The van der Waals surface area contributed by atoms with Gasteiger partial charge in [0.1, 0.15) is 0 Å². The Hall–Kier alpha value is 2.32. The van der Waals surface area contributed by atoms with Crippen molar-refractivity contribution in [3.8, 4) is 0 Å². The third-order valence-electron chi connectivity index (χ3n) is 0.192. The van der Waals surface area contributed by atoms with Gasteiger partial charge in [-0.3, -0.25) is 0 Å². The van der Waals surface area contributed by atoms with Crippen LogP contribution in [0.5, 0.6) is 0 Å². The fraction of sp³-hybridized carbons (Fsp3) is 0. The summed E-state index contributed by atoms with van der Waals surface area (Å²) < 4.78 is -1.11. The quantitative estimate of drug-likeness (QED) is 0.507. The average molecular weight is 330 g/mol. The van der Waals surface area contributed by atoms with Crippen LogP contribution in [0.15, 0.2) is 0 Å². The van der Waals surface area contributed by atoms with Gasteiger partial charge in [-0.25, -0.2) is 0 Å². The van der Waals surface area contributed by atoms with E-state index in [2.05, 4.69) is 0 Å². The first-order valence-corrected chi connectivity index (χ1v) is 9.11. The second-order valence-electron chi connectivity index (χ2n) is 0.673. The fourth-order valence-corrected chi connectivity index (χ4v) is 0. The number of rotatable bonds is 1. The van der Waals surface area contributed by atoms with Gasteiger partial charge in [0, 0.05) is 0 Å². The Labute approximate surface area is 77.5 Å². The number of hydrogen-bond donors (Lipinski definition) is 0. The normalized spacial score (nSPS) is 16.2. The van der Waals surface area contributed by atoms with Crippen molar-refractivity contribution in [2.75, 3.05) is 0 Å². The van der Waals surface area contributed by atoms with Crippen LogP contribution in [-0.4, -0.2) is 1.78 Å². The Morgan fingerprint density at radius 1 is 0.875 bits per heavy atom. The van der Waals surface area contributed by atoms with Crippen LogP contribution in [0.3, 0.4) is 0 Å². The summed E-state index contributed by atoms with van der Waals surface area (Å²) in [5.74, 6) is 0. The molecule has 0 saturated carbocycles. The minimum absolute atomic E-state index is 1.11. The van der Waals surface area contributed by atoms with Crippen molar-refractivity contribution < 1.29 is 13.8 Å². The number of quaternary nitrogens is 1. The average Bonchev–Trinajstić information content (AvgIpc) is 1.25. The third kappa shape index (κ3) is 3.48. The first kappa shape index (κ1) is 10.3. The van der Waals surface area contributed by atoms with Crippen LogP contribution in [0.4, 0.5) is 0 Å².